The molecular formula is C9H11NOS. The van der Waals surface area contributed by atoms with Crippen molar-refractivity contribution in [1.29, 1.82) is 4.78 Å². The Hall–Kier alpha value is -1.09. The van der Waals surface area contributed by atoms with E-state index in [2.05, 4.69) is 6.58 Å². The van der Waals surface area contributed by atoms with Gasteiger partial charge in [-0.15, -0.1) is 6.58 Å². The first kappa shape index (κ1) is 9.00. The Morgan fingerprint density at radius 2 is 2.00 bits per heavy atom. The first-order chi connectivity index (χ1) is 5.67. The first-order valence-corrected chi connectivity index (χ1v) is 5.32. The molecule has 1 rings (SSSR count). The zero-order valence-corrected chi connectivity index (χ0v) is 7.51. The highest BCUT2D eigenvalue weighted by Gasteiger charge is 2.05. The van der Waals surface area contributed by atoms with Crippen LogP contribution in [0.25, 0.3) is 0 Å². The van der Waals surface area contributed by atoms with Gasteiger partial charge in [0.1, 0.15) is 0 Å². The maximum absolute atomic E-state index is 11.6. The summed E-state index contributed by atoms with van der Waals surface area (Å²) in [5.41, 5.74) is 0. The van der Waals surface area contributed by atoms with Crippen molar-refractivity contribution in [3.8, 4) is 0 Å². The molecule has 1 aromatic carbocycles. The SMILES string of the molecule is C=CC[S@](=N)(=O)c1ccccc1. The minimum absolute atomic E-state index is 0.219. The van der Waals surface area contributed by atoms with Crippen LogP contribution in [0.1, 0.15) is 0 Å². The minimum Gasteiger partial charge on any atom is -0.249 e. The topological polar surface area (TPSA) is 40.9 Å². The van der Waals surface area contributed by atoms with Crippen LogP contribution in [-0.2, 0) is 9.73 Å². The second-order valence-electron chi connectivity index (χ2n) is 2.44. The molecule has 12 heavy (non-hydrogen) atoms. The van der Waals surface area contributed by atoms with Gasteiger partial charge in [-0.1, -0.05) is 24.3 Å². The Kier molecular flexibility index (Phi) is 2.65. The molecule has 0 aliphatic heterocycles. The van der Waals surface area contributed by atoms with Crippen LogP contribution in [0.2, 0.25) is 0 Å². The molecule has 0 bridgehead atoms. The van der Waals surface area contributed by atoms with Gasteiger partial charge >= 0.3 is 0 Å². The number of hydrogen-bond donors (Lipinski definition) is 1. The van der Waals surface area contributed by atoms with E-state index in [-0.39, 0.29) is 5.75 Å². The summed E-state index contributed by atoms with van der Waals surface area (Å²) < 4.78 is 19.1. The predicted molar refractivity (Wildman–Crippen MR) is 50.6 cm³/mol. The standard InChI is InChI=1S/C9H11NOS/c1-2-8-12(10,11)9-6-4-3-5-7-9/h2-7,10H,1,8H2/t12-/m0/s1. The van der Waals surface area contributed by atoms with E-state index in [1.54, 1.807) is 24.3 Å². The smallest absolute Gasteiger partial charge is 0.0761 e. The second kappa shape index (κ2) is 3.54. The Morgan fingerprint density at radius 3 is 2.50 bits per heavy atom. The number of nitrogens with one attached hydrogen (secondary N) is 1. The van der Waals surface area contributed by atoms with Crippen molar-refractivity contribution in [1.82, 2.24) is 0 Å². The molecule has 0 radical (unpaired) electrons. The van der Waals surface area contributed by atoms with Crippen LogP contribution < -0.4 is 0 Å². The Labute approximate surface area is 72.9 Å². The van der Waals surface area contributed by atoms with Gasteiger partial charge in [0.2, 0.25) is 0 Å². The van der Waals surface area contributed by atoms with Crippen molar-refractivity contribution in [2.75, 3.05) is 5.75 Å². The highest BCUT2D eigenvalue weighted by molar-refractivity contribution is 7.92. The predicted octanol–water partition coefficient (Wildman–Crippen LogP) is 2.28. The lowest BCUT2D eigenvalue weighted by molar-refractivity contribution is 0.677. The first-order valence-electron chi connectivity index (χ1n) is 3.59. The molecule has 0 saturated heterocycles. The van der Waals surface area contributed by atoms with Crippen molar-refractivity contribution in [2.45, 2.75) is 4.90 Å². The molecule has 0 aliphatic rings. The summed E-state index contributed by atoms with van der Waals surface area (Å²) >= 11 is 0. The fourth-order valence-corrected chi connectivity index (χ4v) is 2.02. The molecule has 1 aromatic rings. The molecule has 0 heterocycles. The number of rotatable bonds is 3. The van der Waals surface area contributed by atoms with Crippen LogP contribution in [0.3, 0.4) is 0 Å². The van der Waals surface area contributed by atoms with Crippen molar-refractivity contribution >= 4 is 9.73 Å². The van der Waals surface area contributed by atoms with Crippen molar-refractivity contribution in [2.24, 2.45) is 0 Å². The lowest BCUT2D eigenvalue weighted by Gasteiger charge is -2.02. The molecule has 1 atom stereocenters. The zero-order chi connectivity index (χ0) is 9.03. The molecular weight excluding hydrogens is 170 g/mol. The summed E-state index contributed by atoms with van der Waals surface area (Å²) in [6.07, 6.45) is 1.52. The molecule has 0 amide bonds. The van der Waals surface area contributed by atoms with Gasteiger partial charge in [-0.2, -0.15) is 0 Å². The monoisotopic (exact) mass is 181 g/mol. The van der Waals surface area contributed by atoms with Crippen molar-refractivity contribution < 1.29 is 4.21 Å². The van der Waals surface area contributed by atoms with Crippen LogP contribution in [0.15, 0.2) is 47.9 Å². The molecule has 2 nitrogen and oxygen atoms in total. The van der Waals surface area contributed by atoms with E-state index in [1.807, 2.05) is 6.07 Å². The normalized spacial score (nSPS) is 15.0. The summed E-state index contributed by atoms with van der Waals surface area (Å²) in [5, 5.41) is 0. The summed E-state index contributed by atoms with van der Waals surface area (Å²) in [5.74, 6) is 0.219. The van der Waals surface area contributed by atoms with Crippen LogP contribution in [0.4, 0.5) is 0 Å². The quantitative estimate of drug-likeness (QED) is 0.714. The van der Waals surface area contributed by atoms with E-state index in [0.29, 0.717) is 4.90 Å². The Bertz CT molecular complexity index is 353. The van der Waals surface area contributed by atoms with Gasteiger partial charge in [-0.3, -0.25) is 0 Å². The molecule has 0 saturated carbocycles. The van der Waals surface area contributed by atoms with Crippen LogP contribution >= 0.6 is 0 Å². The molecule has 0 unspecified atom stereocenters. The van der Waals surface area contributed by atoms with Gasteiger partial charge in [-0.05, 0) is 12.1 Å². The average molecular weight is 181 g/mol. The molecule has 1 N–H and O–H groups in total. The maximum atomic E-state index is 11.6. The van der Waals surface area contributed by atoms with Crippen LogP contribution in [0.5, 0.6) is 0 Å². The third-order valence-electron chi connectivity index (χ3n) is 1.48. The van der Waals surface area contributed by atoms with Gasteiger partial charge < -0.3 is 0 Å². The highest BCUT2D eigenvalue weighted by Crippen LogP contribution is 2.10. The lowest BCUT2D eigenvalue weighted by atomic mass is 10.4. The average Bonchev–Trinajstić information content (AvgIpc) is 2.06. The largest absolute Gasteiger partial charge is 0.249 e. The Morgan fingerprint density at radius 1 is 1.42 bits per heavy atom. The molecule has 0 aliphatic carbocycles. The number of benzene rings is 1. The van der Waals surface area contributed by atoms with E-state index in [9.17, 15) is 4.21 Å². The second-order valence-corrected chi connectivity index (χ2v) is 4.60. The Balaban J connectivity index is 3.07. The van der Waals surface area contributed by atoms with Crippen LogP contribution in [-0.4, -0.2) is 9.96 Å². The van der Waals surface area contributed by atoms with Gasteiger partial charge in [0.25, 0.3) is 0 Å². The fourth-order valence-electron chi connectivity index (χ4n) is 0.903. The van der Waals surface area contributed by atoms with Gasteiger partial charge in [0, 0.05) is 4.90 Å². The molecule has 0 aromatic heterocycles. The van der Waals surface area contributed by atoms with E-state index in [4.69, 9.17) is 4.78 Å². The lowest BCUT2D eigenvalue weighted by Crippen LogP contribution is -2.01. The molecule has 0 spiro atoms. The fraction of sp³-hybridized carbons (Fsp3) is 0.111. The summed E-state index contributed by atoms with van der Waals surface area (Å²) in [6, 6.07) is 8.82. The minimum atomic E-state index is -2.63. The maximum Gasteiger partial charge on any atom is 0.0761 e. The zero-order valence-electron chi connectivity index (χ0n) is 6.69. The third-order valence-corrected chi connectivity index (χ3v) is 3.22. The van der Waals surface area contributed by atoms with Gasteiger partial charge in [-0.25, -0.2) is 8.99 Å². The molecule has 64 valence electrons. The highest BCUT2D eigenvalue weighted by atomic mass is 32.2. The summed E-state index contributed by atoms with van der Waals surface area (Å²) in [7, 11) is -2.63. The van der Waals surface area contributed by atoms with Gasteiger partial charge in [0.05, 0.1) is 15.5 Å². The van der Waals surface area contributed by atoms with Gasteiger partial charge in [0.15, 0.2) is 0 Å². The van der Waals surface area contributed by atoms with E-state index >= 15 is 0 Å². The van der Waals surface area contributed by atoms with Crippen molar-refractivity contribution in [3.05, 3.63) is 43.0 Å². The van der Waals surface area contributed by atoms with E-state index < -0.39 is 9.73 Å². The third kappa shape index (κ3) is 1.95. The molecule has 0 fully saturated rings. The number of hydrogen-bond acceptors (Lipinski definition) is 2. The van der Waals surface area contributed by atoms with E-state index in [1.165, 1.54) is 6.08 Å². The van der Waals surface area contributed by atoms with Crippen molar-refractivity contribution in [3.63, 3.8) is 0 Å². The summed E-state index contributed by atoms with van der Waals surface area (Å²) in [6.45, 7) is 3.47. The van der Waals surface area contributed by atoms with E-state index in [0.717, 1.165) is 0 Å². The van der Waals surface area contributed by atoms with Crippen LogP contribution in [0, 0.1) is 4.78 Å². The summed E-state index contributed by atoms with van der Waals surface area (Å²) in [4.78, 5) is 0.574. The molecule has 3 heteroatoms.